The first-order valence-electron chi connectivity index (χ1n) is 7.66. The van der Waals surface area contributed by atoms with Crippen LogP contribution in [0.5, 0.6) is 0 Å². The van der Waals surface area contributed by atoms with E-state index in [1.165, 1.54) is 44.5 Å². The topological polar surface area (TPSA) is 0 Å². The van der Waals surface area contributed by atoms with Gasteiger partial charge in [-0.25, -0.2) is 0 Å². The number of hydrogen-bond acceptors (Lipinski definition) is 1. The molecule has 4 rings (SSSR count). The Morgan fingerprint density at radius 3 is 2.67 bits per heavy atom. The van der Waals surface area contributed by atoms with E-state index in [4.69, 9.17) is 0 Å². The van der Waals surface area contributed by atoms with Crippen molar-refractivity contribution in [3.8, 4) is 0 Å². The second-order valence-corrected chi connectivity index (χ2v) is 6.80. The van der Waals surface area contributed by atoms with E-state index >= 15 is 0 Å². The van der Waals surface area contributed by atoms with E-state index in [0.717, 1.165) is 0 Å². The van der Waals surface area contributed by atoms with Crippen molar-refractivity contribution in [2.24, 2.45) is 0 Å². The summed E-state index contributed by atoms with van der Waals surface area (Å²) in [7, 11) is 0. The summed E-state index contributed by atoms with van der Waals surface area (Å²) in [6.07, 6.45) is 4.86. The van der Waals surface area contributed by atoms with Gasteiger partial charge >= 0.3 is 0 Å². The normalized spacial score (nSPS) is 17.0. The summed E-state index contributed by atoms with van der Waals surface area (Å²) in [5, 5.41) is 1.37. The molecular formula is C20H18S. The molecule has 1 heteroatoms. The minimum absolute atomic E-state index is 0.569. The van der Waals surface area contributed by atoms with Crippen LogP contribution in [0, 0.1) is 0 Å². The van der Waals surface area contributed by atoms with Gasteiger partial charge in [0.05, 0.1) is 0 Å². The summed E-state index contributed by atoms with van der Waals surface area (Å²) in [6, 6.07) is 19.9. The third-order valence-electron chi connectivity index (χ3n) is 4.35. The van der Waals surface area contributed by atoms with Gasteiger partial charge < -0.3 is 0 Å². The Hall–Kier alpha value is -1.86. The van der Waals surface area contributed by atoms with Crippen LogP contribution in [-0.4, -0.2) is 0 Å². The van der Waals surface area contributed by atoms with Crippen LogP contribution in [0.4, 0.5) is 0 Å². The molecule has 0 bridgehead atoms. The van der Waals surface area contributed by atoms with Crippen molar-refractivity contribution in [1.82, 2.24) is 0 Å². The second-order valence-electron chi connectivity index (χ2n) is 5.72. The van der Waals surface area contributed by atoms with Gasteiger partial charge in [-0.2, -0.15) is 0 Å². The molecular weight excluding hydrogens is 272 g/mol. The van der Waals surface area contributed by atoms with Crippen molar-refractivity contribution in [1.29, 1.82) is 0 Å². The van der Waals surface area contributed by atoms with Crippen LogP contribution in [0.25, 0.3) is 21.7 Å². The zero-order valence-electron chi connectivity index (χ0n) is 12.2. The van der Waals surface area contributed by atoms with E-state index in [2.05, 4.69) is 67.6 Å². The summed E-state index contributed by atoms with van der Waals surface area (Å²) in [5.74, 6) is 0.569. The zero-order chi connectivity index (χ0) is 14.2. The number of fused-ring (bicyclic) bond motifs is 2. The van der Waals surface area contributed by atoms with Crippen molar-refractivity contribution >= 4 is 33.1 Å². The molecule has 0 N–H and O–H groups in total. The molecule has 0 saturated heterocycles. The molecule has 1 atom stereocenters. The largest absolute Gasteiger partial charge is 0.136 e. The van der Waals surface area contributed by atoms with Crippen LogP contribution in [0.2, 0.25) is 0 Å². The van der Waals surface area contributed by atoms with Crippen LogP contribution in [0.3, 0.4) is 0 Å². The Labute approximate surface area is 129 Å². The molecule has 1 aromatic heterocycles. The van der Waals surface area contributed by atoms with Crippen LogP contribution < -0.4 is 0 Å². The summed E-state index contributed by atoms with van der Waals surface area (Å²) in [4.78, 5) is 1.44. The fourth-order valence-corrected chi connectivity index (χ4v) is 4.50. The van der Waals surface area contributed by atoms with Crippen molar-refractivity contribution in [3.63, 3.8) is 0 Å². The molecule has 0 amide bonds. The third-order valence-corrected chi connectivity index (χ3v) is 5.51. The van der Waals surface area contributed by atoms with Crippen LogP contribution >= 0.6 is 11.3 Å². The summed E-state index contributed by atoms with van der Waals surface area (Å²) < 4.78 is 1.39. The van der Waals surface area contributed by atoms with E-state index in [1.807, 2.05) is 11.3 Å². The fraction of sp³-hybridized carbons (Fsp3) is 0.200. The first-order chi connectivity index (χ1) is 10.4. The number of benzene rings is 2. The van der Waals surface area contributed by atoms with Gasteiger partial charge in [-0.1, -0.05) is 55.8 Å². The molecule has 104 valence electrons. The standard InChI is InChI=1S/C20H18S/c1-2-7-17-16-10-5-3-8-14(16)12-18(17)20-13-15-9-4-6-11-19(15)21-20/h3-6,8-13,17H,2,7H2,1H3. The Morgan fingerprint density at radius 2 is 1.81 bits per heavy atom. The highest BCUT2D eigenvalue weighted by molar-refractivity contribution is 7.20. The molecule has 0 fully saturated rings. The Kier molecular flexibility index (Phi) is 3.16. The molecule has 3 aromatic rings. The van der Waals surface area contributed by atoms with Gasteiger partial charge in [0.15, 0.2) is 0 Å². The SMILES string of the molecule is CCCC1C(c2cc3ccccc3s2)=Cc2ccccc21. The molecule has 0 aliphatic heterocycles. The maximum atomic E-state index is 2.40. The van der Waals surface area contributed by atoms with E-state index < -0.39 is 0 Å². The van der Waals surface area contributed by atoms with E-state index in [0.29, 0.717) is 5.92 Å². The molecule has 0 saturated carbocycles. The second kappa shape index (κ2) is 5.16. The summed E-state index contributed by atoms with van der Waals surface area (Å²) >= 11 is 1.93. The van der Waals surface area contributed by atoms with E-state index in [-0.39, 0.29) is 0 Å². The quantitative estimate of drug-likeness (QED) is 0.528. The van der Waals surface area contributed by atoms with Crippen molar-refractivity contribution in [2.45, 2.75) is 25.7 Å². The first kappa shape index (κ1) is 12.8. The first-order valence-corrected chi connectivity index (χ1v) is 8.48. The highest BCUT2D eigenvalue weighted by atomic mass is 32.1. The predicted octanol–water partition coefficient (Wildman–Crippen LogP) is 6.34. The Bertz CT molecular complexity index is 789. The van der Waals surface area contributed by atoms with Gasteiger partial charge in [-0.3, -0.25) is 0 Å². The minimum Gasteiger partial charge on any atom is -0.136 e. The maximum Gasteiger partial charge on any atom is 0.0349 e. The lowest BCUT2D eigenvalue weighted by molar-refractivity contribution is 0.738. The average molecular weight is 290 g/mol. The molecule has 0 nitrogen and oxygen atoms in total. The summed E-state index contributed by atoms with van der Waals surface area (Å²) in [5.41, 5.74) is 4.43. The molecule has 1 aliphatic carbocycles. The van der Waals surface area contributed by atoms with Crippen LogP contribution in [-0.2, 0) is 0 Å². The number of hydrogen-bond donors (Lipinski definition) is 0. The molecule has 1 aliphatic rings. The smallest absolute Gasteiger partial charge is 0.0349 e. The molecule has 0 spiro atoms. The Morgan fingerprint density at radius 1 is 1.00 bits per heavy atom. The predicted molar refractivity (Wildman–Crippen MR) is 93.8 cm³/mol. The third kappa shape index (κ3) is 2.13. The van der Waals surface area contributed by atoms with Gasteiger partial charge in [0.25, 0.3) is 0 Å². The monoisotopic (exact) mass is 290 g/mol. The lowest BCUT2D eigenvalue weighted by atomic mass is 9.90. The zero-order valence-corrected chi connectivity index (χ0v) is 13.0. The minimum atomic E-state index is 0.569. The van der Waals surface area contributed by atoms with Gasteiger partial charge in [0.1, 0.15) is 0 Å². The summed E-state index contributed by atoms with van der Waals surface area (Å²) in [6.45, 7) is 2.28. The van der Waals surface area contributed by atoms with Crippen molar-refractivity contribution in [3.05, 3.63) is 70.6 Å². The van der Waals surface area contributed by atoms with Crippen molar-refractivity contribution < 1.29 is 0 Å². The van der Waals surface area contributed by atoms with Gasteiger partial charge in [-0.15, -0.1) is 11.3 Å². The van der Waals surface area contributed by atoms with Gasteiger partial charge in [0, 0.05) is 15.5 Å². The highest BCUT2D eigenvalue weighted by Crippen LogP contribution is 2.47. The van der Waals surface area contributed by atoms with Crippen molar-refractivity contribution in [2.75, 3.05) is 0 Å². The average Bonchev–Trinajstić information content (AvgIpc) is 3.09. The maximum absolute atomic E-state index is 2.40. The lowest BCUT2D eigenvalue weighted by Crippen LogP contribution is -1.97. The molecule has 1 unspecified atom stereocenters. The number of thiophene rings is 1. The Balaban J connectivity index is 1.83. The van der Waals surface area contributed by atoms with Crippen LogP contribution in [0.15, 0.2) is 54.6 Å². The number of rotatable bonds is 3. The molecule has 1 heterocycles. The fourth-order valence-electron chi connectivity index (χ4n) is 3.36. The van der Waals surface area contributed by atoms with Gasteiger partial charge in [0.2, 0.25) is 0 Å². The molecule has 0 radical (unpaired) electrons. The van der Waals surface area contributed by atoms with E-state index in [9.17, 15) is 0 Å². The highest BCUT2D eigenvalue weighted by Gasteiger charge is 2.26. The van der Waals surface area contributed by atoms with E-state index in [1.54, 1.807) is 0 Å². The van der Waals surface area contributed by atoms with Gasteiger partial charge in [-0.05, 0) is 46.7 Å². The molecule has 21 heavy (non-hydrogen) atoms. The van der Waals surface area contributed by atoms with Crippen LogP contribution in [0.1, 0.15) is 41.7 Å². The number of allylic oxidation sites excluding steroid dienone is 1. The lowest BCUT2D eigenvalue weighted by Gasteiger charge is -2.14. The molecule has 2 aromatic carbocycles.